The molecule has 0 aromatic carbocycles. The van der Waals surface area contributed by atoms with E-state index >= 15 is 0 Å². The van der Waals surface area contributed by atoms with Gasteiger partial charge in [0, 0.05) is 6.42 Å². The summed E-state index contributed by atoms with van der Waals surface area (Å²) in [7, 11) is -9.70. The zero-order chi connectivity index (χ0) is 31.3. The van der Waals surface area contributed by atoms with E-state index < -0.39 is 76.8 Å². The number of hydrogen-bond donors (Lipinski definition) is 5. The summed E-state index contributed by atoms with van der Waals surface area (Å²) in [5.74, 6) is -0.0220. The number of imidazole rings is 1. The monoisotopic (exact) mass is 687 g/mol. The SMILES string of the molecule is Nc1nc2c(ncn2[C@@H]2O[C@@]34CO[C@@H]2[C@@H]3OP(=O)(O)OC[C@H]2O[C@@H](c3snc5c(N)ncnc35)C[C@@H]2OP(=O)(O)OC4)c(=O)[nH]1. The van der Waals surface area contributed by atoms with Crippen LogP contribution in [0.25, 0.3) is 22.2 Å². The Morgan fingerprint density at radius 3 is 2.71 bits per heavy atom. The van der Waals surface area contributed by atoms with Gasteiger partial charge < -0.3 is 35.5 Å². The lowest BCUT2D eigenvalue weighted by molar-refractivity contribution is -0.184. The number of aromatic nitrogens is 7. The minimum absolute atomic E-state index is 0.0141. The Hall–Kier alpha value is -2.98. The quantitative estimate of drug-likeness (QED) is 0.172. The third-order valence-electron chi connectivity index (χ3n) is 7.90. The van der Waals surface area contributed by atoms with Crippen molar-refractivity contribution in [1.82, 2.24) is 33.9 Å². The van der Waals surface area contributed by atoms with Crippen molar-refractivity contribution >= 4 is 61.1 Å². The van der Waals surface area contributed by atoms with Gasteiger partial charge >= 0.3 is 15.6 Å². The van der Waals surface area contributed by atoms with Gasteiger partial charge in [0.25, 0.3) is 5.56 Å². The Kier molecular flexibility index (Phi) is 6.71. The third-order valence-corrected chi connectivity index (χ3v) is 10.8. The largest absolute Gasteiger partial charge is 0.472 e. The van der Waals surface area contributed by atoms with Crippen LogP contribution < -0.4 is 17.0 Å². The first-order valence-electron chi connectivity index (χ1n) is 13.3. The number of fused-ring (bicyclic) bond motifs is 3. The van der Waals surface area contributed by atoms with Gasteiger partial charge in [-0.25, -0.2) is 24.1 Å². The number of nitrogens with two attached hydrogens (primary N) is 2. The molecule has 45 heavy (non-hydrogen) atoms. The van der Waals surface area contributed by atoms with Gasteiger partial charge in [0.2, 0.25) is 5.95 Å². The number of aromatic amines is 1. The molecular formula is C21H23N9O12P2S. The van der Waals surface area contributed by atoms with Crippen LogP contribution >= 0.6 is 27.2 Å². The Bertz CT molecular complexity index is 1990. The third kappa shape index (κ3) is 4.89. The maximum Gasteiger partial charge on any atom is 0.472 e. The summed E-state index contributed by atoms with van der Waals surface area (Å²) in [5.41, 5.74) is 10.1. The van der Waals surface area contributed by atoms with E-state index in [-0.39, 0.29) is 36.0 Å². The Morgan fingerprint density at radius 1 is 1.04 bits per heavy atom. The summed E-state index contributed by atoms with van der Waals surface area (Å²) in [5, 5.41) is 0. The van der Waals surface area contributed by atoms with Crippen molar-refractivity contribution in [1.29, 1.82) is 0 Å². The molecule has 2 bridgehead atoms. The van der Waals surface area contributed by atoms with Gasteiger partial charge in [-0.05, 0) is 11.5 Å². The van der Waals surface area contributed by atoms with E-state index in [1.165, 1.54) is 17.2 Å². The second-order valence-electron chi connectivity index (χ2n) is 10.7. The number of H-pyrrole nitrogens is 1. The number of nitrogens with one attached hydrogen (secondary N) is 1. The molecule has 0 aliphatic carbocycles. The minimum atomic E-state index is -4.87. The first-order valence-corrected chi connectivity index (χ1v) is 17.0. The van der Waals surface area contributed by atoms with Crippen LogP contribution in [-0.2, 0) is 41.4 Å². The average Bonchev–Trinajstić information content (AvgIpc) is 3.79. The Labute approximate surface area is 254 Å². The molecule has 0 amide bonds. The van der Waals surface area contributed by atoms with E-state index in [4.69, 9.17) is 43.8 Å². The molecule has 7 N–H and O–H groups in total. The molecule has 8 heterocycles. The fourth-order valence-corrected chi connectivity index (χ4v) is 8.77. The molecule has 4 aromatic heterocycles. The molecule has 8 rings (SSSR count). The van der Waals surface area contributed by atoms with Crippen molar-refractivity contribution in [2.45, 2.75) is 48.8 Å². The summed E-state index contributed by atoms with van der Waals surface area (Å²) in [6.45, 7) is -1.50. The highest BCUT2D eigenvalue weighted by atomic mass is 32.1. The van der Waals surface area contributed by atoms with Crippen LogP contribution in [0.1, 0.15) is 23.6 Å². The number of hydrogen-bond acceptors (Lipinski definition) is 18. The molecule has 2 unspecified atom stereocenters. The molecule has 4 aliphatic heterocycles. The summed E-state index contributed by atoms with van der Waals surface area (Å²) in [4.78, 5) is 53.1. The molecule has 4 fully saturated rings. The maximum atomic E-state index is 13.3. The Balaban J connectivity index is 1.09. The van der Waals surface area contributed by atoms with E-state index in [1.54, 1.807) is 0 Å². The number of nitrogens with zero attached hydrogens (tertiary/aromatic N) is 6. The highest BCUT2D eigenvalue weighted by Crippen LogP contribution is 2.58. The van der Waals surface area contributed by atoms with Crippen molar-refractivity contribution in [2.75, 3.05) is 31.3 Å². The summed E-state index contributed by atoms with van der Waals surface area (Å²) >= 11 is 1.05. The van der Waals surface area contributed by atoms with E-state index in [0.717, 1.165) is 11.5 Å². The lowest BCUT2D eigenvalue weighted by Gasteiger charge is -2.33. The van der Waals surface area contributed by atoms with Crippen molar-refractivity contribution < 1.29 is 51.2 Å². The van der Waals surface area contributed by atoms with Gasteiger partial charge in [-0.2, -0.15) is 9.36 Å². The van der Waals surface area contributed by atoms with Gasteiger partial charge in [0.05, 0.1) is 37.1 Å². The van der Waals surface area contributed by atoms with E-state index in [9.17, 15) is 23.7 Å². The number of ether oxygens (including phenoxy) is 3. The second-order valence-corrected chi connectivity index (χ2v) is 14.3. The normalized spacial score (nSPS) is 38.6. The van der Waals surface area contributed by atoms with Crippen LogP contribution in [0.5, 0.6) is 0 Å². The molecule has 21 nitrogen and oxygen atoms in total. The van der Waals surface area contributed by atoms with Crippen molar-refractivity contribution in [2.24, 2.45) is 0 Å². The van der Waals surface area contributed by atoms with Crippen LogP contribution in [0, 0.1) is 0 Å². The van der Waals surface area contributed by atoms with Crippen LogP contribution in [0.2, 0.25) is 0 Å². The number of anilines is 2. The van der Waals surface area contributed by atoms with Crippen LogP contribution in [0.3, 0.4) is 0 Å². The van der Waals surface area contributed by atoms with Crippen LogP contribution in [0.4, 0.5) is 11.8 Å². The smallest absolute Gasteiger partial charge is 0.382 e. The van der Waals surface area contributed by atoms with Gasteiger partial charge in [-0.15, -0.1) is 0 Å². The average molecular weight is 687 g/mol. The topological polar surface area (TPSA) is 293 Å². The highest BCUT2D eigenvalue weighted by Gasteiger charge is 2.66. The number of nitrogen functional groups attached to an aromatic ring is 2. The summed E-state index contributed by atoms with van der Waals surface area (Å²) in [6, 6.07) is 0. The van der Waals surface area contributed by atoms with Crippen molar-refractivity contribution in [3.05, 3.63) is 27.9 Å². The Morgan fingerprint density at radius 2 is 1.87 bits per heavy atom. The maximum absolute atomic E-state index is 13.3. The standard InChI is InChI=1S/C21H23N9O12P2S/c22-16-11-10(24-5-25-16)14(45-29-11)8-1-7-9(39-8)2-37-43(32,33)42-15-13-19(30-6-26-12-17(30)27-20(23)28-18(12)31)40-21(15,3-36-13)4-38-44(34,35)41-7/h5-9,13,15,19H,1-4H2,(H,32,33)(H,34,35)(H2,22,24,25)(H3,23,27,28,31)/t7-,8+,9+,13+,15-,19+,21+/m0/s1. The van der Waals surface area contributed by atoms with Gasteiger partial charge in [-0.1, -0.05) is 0 Å². The molecule has 0 saturated carbocycles. The molecule has 0 spiro atoms. The van der Waals surface area contributed by atoms with Crippen LogP contribution in [-0.4, -0.2) is 93.5 Å². The molecule has 24 heteroatoms. The van der Waals surface area contributed by atoms with Crippen molar-refractivity contribution in [3.63, 3.8) is 0 Å². The molecule has 4 aromatic rings. The predicted molar refractivity (Wildman–Crippen MR) is 148 cm³/mol. The molecule has 4 saturated heterocycles. The zero-order valence-corrected chi connectivity index (χ0v) is 25.2. The fraction of sp³-hybridized carbons (Fsp3) is 0.524. The molecule has 9 atom stereocenters. The van der Waals surface area contributed by atoms with E-state index in [0.29, 0.717) is 15.9 Å². The van der Waals surface area contributed by atoms with Crippen LogP contribution in [0.15, 0.2) is 17.4 Å². The van der Waals surface area contributed by atoms with Crippen molar-refractivity contribution in [3.8, 4) is 0 Å². The van der Waals surface area contributed by atoms with E-state index in [1.807, 2.05) is 0 Å². The van der Waals surface area contributed by atoms with E-state index in [2.05, 4.69) is 29.3 Å². The lowest BCUT2D eigenvalue weighted by Crippen LogP contribution is -2.46. The van der Waals surface area contributed by atoms with Gasteiger partial charge in [0.1, 0.15) is 47.4 Å². The zero-order valence-electron chi connectivity index (χ0n) is 22.6. The highest BCUT2D eigenvalue weighted by molar-refractivity contribution is 7.47. The number of phosphoric ester groups is 2. The predicted octanol–water partition coefficient (Wildman–Crippen LogP) is -0.102. The molecule has 0 radical (unpaired) electrons. The summed E-state index contributed by atoms with van der Waals surface area (Å²) < 4.78 is 72.1. The second kappa shape index (κ2) is 10.3. The molecular weight excluding hydrogens is 664 g/mol. The minimum Gasteiger partial charge on any atom is -0.382 e. The number of rotatable bonds is 2. The van der Waals surface area contributed by atoms with Gasteiger partial charge in [-0.3, -0.25) is 32.4 Å². The fourth-order valence-electron chi connectivity index (χ4n) is 5.89. The molecule has 240 valence electrons. The number of phosphoric acid groups is 2. The lowest BCUT2D eigenvalue weighted by atomic mass is 10.0. The first-order chi connectivity index (χ1) is 21.4. The van der Waals surface area contributed by atoms with Gasteiger partial charge in [0.15, 0.2) is 23.2 Å². The first kappa shape index (κ1) is 29.4. The molecule has 4 aliphatic rings. The summed E-state index contributed by atoms with van der Waals surface area (Å²) in [6.07, 6.45) is -4.06.